The van der Waals surface area contributed by atoms with E-state index >= 15 is 0 Å². The summed E-state index contributed by atoms with van der Waals surface area (Å²) in [6.07, 6.45) is 3.52. The first kappa shape index (κ1) is 11.3. The van der Waals surface area contributed by atoms with Gasteiger partial charge in [-0.3, -0.25) is 0 Å². The number of rotatable bonds is 1. The van der Waals surface area contributed by atoms with Crippen LogP contribution in [0.15, 0.2) is 5.38 Å². The Bertz CT molecular complexity index is 285. The Morgan fingerprint density at radius 1 is 1.62 bits per heavy atom. The van der Waals surface area contributed by atoms with Crippen molar-refractivity contribution in [2.24, 2.45) is 0 Å². The molecule has 1 aliphatic carbocycles. The summed E-state index contributed by atoms with van der Waals surface area (Å²) in [6.45, 7) is 0. The van der Waals surface area contributed by atoms with Gasteiger partial charge in [-0.1, -0.05) is 11.6 Å². The molecule has 0 spiro atoms. The van der Waals surface area contributed by atoms with Gasteiger partial charge in [0.2, 0.25) is 0 Å². The molecule has 0 fully saturated rings. The summed E-state index contributed by atoms with van der Waals surface area (Å²) in [5, 5.41) is 6.35. The van der Waals surface area contributed by atoms with E-state index in [2.05, 4.69) is 10.7 Å². The molecule has 0 radical (unpaired) electrons. The van der Waals surface area contributed by atoms with E-state index in [0.717, 1.165) is 17.9 Å². The molecule has 2 rings (SSSR count). The Morgan fingerprint density at radius 2 is 2.38 bits per heavy atom. The fraction of sp³-hybridized carbons (Fsp3) is 0.556. The van der Waals surface area contributed by atoms with E-state index in [1.54, 1.807) is 11.3 Å². The first-order chi connectivity index (χ1) is 5.81. The molecular weight excluding hydrogens is 225 g/mol. The lowest BCUT2D eigenvalue weighted by Gasteiger charge is -2.21. The Balaban J connectivity index is 0.000000845. The monoisotopic (exact) mass is 237 g/mol. The van der Waals surface area contributed by atoms with Gasteiger partial charge in [-0.05, 0) is 31.9 Å². The molecule has 0 saturated heterocycles. The minimum Gasteiger partial charge on any atom is -0.317 e. The number of hydrogen-bond acceptors (Lipinski definition) is 2. The first-order valence-electron chi connectivity index (χ1n) is 4.23. The van der Waals surface area contributed by atoms with Gasteiger partial charge in [0.15, 0.2) is 0 Å². The van der Waals surface area contributed by atoms with Gasteiger partial charge in [0, 0.05) is 16.3 Å². The van der Waals surface area contributed by atoms with Crippen molar-refractivity contribution in [3.8, 4) is 0 Å². The van der Waals surface area contributed by atoms with Crippen molar-refractivity contribution in [2.75, 3.05) is 7.05 Å². The second-order valence-electron chi connectivity index (χ2n) is 3.21. The van der Waals surface area contributed by atoms with Crippen LogP contribution in [-0.2, 0) is 12.8 Å². The predicted molar refractivity (Wildman–Crippen MR) is 61.4 cm³/mol. The second-order valence-corrected chi connectivity index (χ2v) is 4.59. The molecule has 1 N–H and O–H groups in total. The lowest BCUT2D eigenvalue weighted by Crippen LogP contribution is -2.30. The summed E-state index contributed by atoms with van der Waals surface area (Å²) in [7, 11) is 2.03. The summed E-state index contributed by atoms with van der Waals surface area (Å²) >= 11 is 7.84. The average molecular weight is 238 g/mol. The smallest absolute Gasteiger partial charge is 0.0547 e. The van der Waals surface area contributed by atoms with Gasteiger partial charge in [-0.15, -0.1) is 23.7 Å². The van der Waals surface area contributed by atoms with Gasteiger partial charge in [0.1, 0.15) is 0 Å². The lowest BCUT2D eigenvalue weighted by atomic mass is 9.95. The highest BCUT2D eigenvalue weighted by atomic mass is 35.5. The van der Waals surface area contributed by atoms with E-state index in [0.29, 0.717) is 6.04 Å². The van der Waals surface area contributed by atoms with Crippen LogP contribution in [0.4, 0.5) is 0 Å². The summed E-state index contributed by atoms with van der Waals surface area (Å²) in [4.78, 5) is 1.48. The van der Waals surface area contributed by atoms with E-state index in [4.69, 9.17) is 11.6 Å². The number of likely N-dealkylation sites (N-methyl/N-ethyl adjacent to an activating group) is 1. The third kappa shape index (κ3) is 2.18. The molecule has 0 amide bonds. The molecule has 0 saturated carbocycles. The fourth-order valence-electron chi connectivity index (χ4n) is 1.72. The van der Waals surface area contributed by atoms with Crippen LogP contribution in [0.5, 0.6) is 0 Å². The highest BCUT2D eigenvalue weighted by Gasteiger charge is 2.20. The second kappa shape index (κ2) is 4.65. The molecule has 0 bridgehead atoms. The number of hydrogen-bond donors (Lipinski definition) is 1. The number of nitrogens with one attached hydrogen (secondary N) is 1. The average Bonchev–Trinajstić information content (AvgIpc) is 2.47. The molecule has 1 unspecified atom stereocenters. The van der Waals surface area contributed by atoms with Gasteiger partial charge >= 0.3 is 0 Å². The van der Waals surface area contributed by atoms with Crippen molar-refractivity contribution in [1.29, 1.82) is 0 Å². The topological polar surface area (TPSA) is 12.0 Å². The molecule has 13 heavy (non-hydrogen) atoms. The Kier molecular flexibility index (Phi) is 4.05. The van der Waals surface area contributed by atoms with Crippen molar-refractivity contribution in [3.63, 3.8) is 0 Å². The molecule has 1 heterocycles. The molecule has 0 aromatic carbocycles. The number of fused-ring (bicyclic) bond motifs is 1. The SMILES string of the molecule is CNC1CCc2c(Cl)csc2C1.Cl. The highest BCUT2D eigenvalue weighted by molar-refractivity contribution is 7.10. The summed E-state index contributed by atoms with van der Waals surface area (Å²) < 4.78 is 0. The van der Waals surface area contributed by atoms with Crippen molar-refractivity contribution in [1.82, 2.24) is 5.32 Å². The van der Waals surface area contributed by atoms with Crippen LogP contribution < -0.4 is 5.32 Å². The van der Waals surface area contributed by atoms with E-state index in [1.165, 1.54) is 16.9 Å². The van der Waals surface area contributed by atoms with Crippen LogP contribution in [0.1, 0.15) is 16.9 Å². The minimum absolute atomic E-state index is 0. The van der Waals surface area contributed by atoms with Gasteiger partial charge in [-0.2, -0.15) is 0 Å². The van der Waals surface area contributed by atoms with Crippen LogP contribution in [0.2, 0.25) is 5.02 Å². The van der Waals surface area contributed by atoms with Crippen LogP contribution in [0, 0.1) is 0 Å². The maximum absolute atomic E-state index is 6.04. The highest BCUT2D eigenvalue weighted by Crippen LogP contribution is 2.33. The first-order valence-corrected chi connectivity index (χ1v) is 5.49. The molecule has 4 heteroatoms. The van der Waals surface area contributed by atoms with Gasteiger partial charge in [0.25, 0.3) is 0 Å². The fourth-order valence-corrected chi connectivity index (χ4v) is 3.16. The Labute approximate surface area is 93.9 Å². The molecule has 1 aromatic rings. The number of thiophene rings is 1. The zero-order valence-corrected chi connectivity index (χ0v) is 9.86. The van der Waals surface area contributed by atoms with Crippen LogP contribution in [0.3, 0.4) is 0 Å². The van der Waals surface area contributed by atoms with Crippen LogP contribution in [-0.4, -0.2) is 13.1 Å². The van der Waals surface area contributed by atoms with Gasteiger partial charge < -0.3 is 5.32 Å². The molecule has 0 aliphatic heterocycles. The standard InChI is InChI=1S/C9H12ClNS.ClH/c1-11-6-2-3-7-8(10)5-12-9(7)4-6;/h5-6,11H,2-4H2,1H3;1H. The minimum atomic E-state index is 0. The maximum atomic E-state index is 6.04. The summed E-state index contributed by atoms with van der Waals surface area (Å²) in [6, 6.07) is 0.659. The van der Waals surface area contributed by atoms with Crippen molar-refractivity contribution < 1.29 is 0 Å². The quantitative estimate of drug-likeness (QED) is 0.793. The van der Waals surface area contributed by atoms with Crippen molar-refractivity contribution in [2.45, 2.75) is 25.3 Å². The zero-order chi connectivity index (χ0) is 8.55. The van der Waals surface area contributed by atoms with E-state index in [9.17, 15) is 0 Å². The van der Waals surface area contributed by atoms with Gasteiger partial charge in [-0.25, -0.2) is 0 Å². The van der Waals surface area contributed by atoms with E-state index in [-0.39, 0.29) is 12.4 Å². The lowest BCUT2D eigenvalue weighted by molar-refractivity contribution is 0.502. The Morgan fingerprint density at radius 3 is 3.08 bits per heavy atom. The predicted octanol–water partition coefficient (Wildman–Crippen LogP) is 2.90. The van der Waals surface area contributed by atoms with E-state index in [1.807, 2.05) is 7.05 Å². The summed E-state index contributed by atoms with van der Waals surface area (Å²) in [5.74, 6) is 0. The van der Waals surface area contributed by atoms with Crippen molar-refractivity contribution >= 4 is 35.3 Å². The van der Waals surface area contributed by atoms with E-state index < -0.39 is 0 Å². The molecule has 1 nitrogen and oxygen atoms in total. The number of halogens is 2. The molecule has 74 valence electrons. The normalized spacial score (nSPS) is 20.6. The maximum Gasteiger partial charge on any atom is 0.0547 e. The van der Waals surface area contributed by atoms with Crippen LogP contribution >= 0.6 is 35.3 Å². The summed E-state index contributed by atoms with van der Waals surface area (Å²) in [5.41, 5.74) is 1.40. The Hall–Kier alpha value is 0.240. The third-order valence-corrected chi connectivity index (χ3v) is 4.03. The molecule has 1 aliphatic rings. The molecular formula is C9H13Cl2NS. The van der Waals surface area contributed by atoms with Crippen LogP contribution in [0.25, 0.3) is 0 Å². The van der Waals surface area contributed by atoms with Gasteiger partial charge in [0.05, 0.1) is 5.02 Å². The largest absolute Gasteiger partial charge is 0.317 e. The molecule has 1 aromatic heterocycles. The third-order valence-electron chi connectivity index (χ3n) is 2.51. The zero-order valence-electron chi connectivity index (χ0n) is 7.47. The van der Waals surface area contributed by atoms with Crippen molar-refractivity contribution in [3.05, 3.63) is 20.8 Å². The molecule has 1 atom stereocenters.